The van der Waals surface area contributed by atoms with Crippen LogP contribution >= 0.6 is 0 Å². The van der Waals surface area contributed by atoms with Crippen molar-refractivity contribution >= 4 is 5.97 Å². The van der Waals surface area contributed by atoms with E-state index in [-0.39, 0.29) is 23.6 Å². The number of hydrogen-bond donors (Lipinski definition) is 1. The summed E-state index contributed by atoms with van der Waals surface area (Å²) in [5.74, 6) is -0.707. The van der Waals surface area contributed by atoms with Crippen molar-refractivity contribution in [1.82, 2.24) is 9.97 Å². The Morgan fingerprint density at radius 2 is 2.25 bits per heavy atom. The monoisotopic (exact) mass is 222 g/mol. The molecule has 0 saturated heterocycles. The van der Waals surface area contributed by atoms with Gasteiger partial charge in [-0.15, -0.1) is 0 Å². The second-order valence-corrected chi connectivity index (χ2v) is 4.20. The van der Waals surface area contributed by atoms with E-state index in [1.165, 1.54) is 6.20 Å². The lowest BCUT2D eigenvalue weighted by molar-refractivity contribution is 0.0694. The van der Waals surface area contributed by atoms with Gasteiger partial charge in [0.1, 0.15) is 0 Å². The van der Waals surface area contributed by atoms with Crippen LogP contribution in [0.4, 0.5) is 0 Å². The van der Waals surface area contributed by atoms with Gasteiger partial charge in [-0.25, -0.2) is 9.78 Å². The fraction of sp³-hybridized carbons (Fsp3) is 0.545. The van der Waals surface area contributed by atoms with Gasteiger partial charge in [0.2, 0.25) is 0 Å². The highest BCUT2D eigenvalue weighted by molar-refractivity contribution is 5.88. The van der Waals surface area contributed by atoms with Gasteiger partial charge in [-0.05, 0) is 26.7 Å². The number of aromatic nitrogens is 2. The summed E-state index contributed by atoms with van der Waals surface area (Å²) in [7, 11) is 0. The Hall–Kier alpha value is -1.65. The molecule has 0 spiro atoms. The van der Waals surface area contributed by atoms with E-state index in [4.69, 9.17) is 9.84 Å². The molecule has 0 aliphatic heterocycles. The minimum atomic E-state index is -0.974. The van der Waals surface area contributed by atoms with E-state index in [9.17, 15) is 4.79 Å². The van der Waals surface area contributed by atoms with E-state index in [2.05, 4.69) is 9.97 Å². The maximum Gasteiger partial charge on any atom is 0.339 e. The second kappa shape index (κ2) is 4.08. The Morgan fingerprint density at radius 3 is 2.75 bits per heavy atom. The zero-order chi connectivity index (χ0) is 11.7. The number of nitrogens with zero attached hydrogens (tertiary/aromatic N) is 2. The van der Waals surface area contributed by atoms with Crippen molar-refractivity contribution < 1.29 is 14.6 Å². The average Bonchev–Trinajstić information content (AvgIpc) is 2.99. The van der Waals surface area contributed by atoms with Gasteiger partial charge >= 0.3 is 12.0 Å². The summed E-state index contributed by atoms with van der Waals surface area (Å²) in [5, 5.41) is 8.99. The molecule has 1 saturated carbocycles. The Bertz CT molecular complexity index is 414. The van der Waals surface area contributed by atoms with Crippen LogP contribution < -0.4 is 4.74 Å². The van der Waals surface area contributed by atoms with Crippen LogP contribution in [0.15, 0.2) is 6.20 Å². The van der Waals surface area contributed by atoms with Crippen LogP contribution in [0.5, 0.6) is 6.01 Å². The molecular weight excluding hydrogens is 208 g/mol. The van der Waals surface area contributed by atoms with Gasteiger partial charge in [0, 0.05) is 12.1 Å². The molecule has 0 bridgehead atoms. The lowest BCUT2D eigenvalue weighted by Gasteiger charge is -2.09. The standard InChI is InChI=1S/C11H14N2O3/c1-6(2)16-11-12-5-8(10(14)15)9(13-11)7-3-4-7/h5-7H,3-4H2,1-2H3,(H,14,15). The van der Waals surface area contributed by atoms with Crippen molar-refractivity contribution in [3.8, 4) is 6.01 Å². The van der Waals surface area contributed by atoms with Gasteiger partial charge in [0.05, 0.1) is 17.4 Å². The summed E-state index contributed by atoms with van der Waals surface area (Å²) in [6, 6.07) is 0.266. The molecule has 0 aromatic carbocycles. The fourth-order valence-corrected chi connectivity index (χ4v) is 1.48. The van der Waals surface area contributed by atoms with Gasteiger partial charge in [0.25, 0.3) is 0 Å². The van der Waals surface area contributed by atoms with Gasteiger partial charge in [-0.2, -0.15) is 4.98 Å². The van der Waals surface area contributed by atoms with Crippen molar-refractivity contribution in [3.05, 3.63) is 17.5 Å². The molecule has 0 unspecified atom stereocenters. The lowest BCUT2D eigenvalue weighted by atomic mass is 10.1. The summed E-state index contributed by atoms with van der Waals surface area (Å²) in [6.07, 6.45) is 3.32. The van der Waals surface area contributed by atoms with E-state index in [1.54, 1.807) is 0 Å². The van der Waals surface area contributed by atoms with Crippen molar-refractivity contribution in [2.24, 2.45) is 0 Å². The summed E-state index contributed by atoms with van der Waals surface area (Å²) in [4.78, 5) is 19.0. The van der Waals surface area contributed by atoms with Crippen molar-refractivity contribution in [2.75, 3.05) is 0 Å². The van der Waals surface area contributed by atoms with Crippen LogP contribution in [0.1, 0.15) is 48.7 Å². The average molecular weight is 222 g/mol. The van der Waals surface area contributed by atoms with Gasteiger partial charge < -0.3 is 9.84 Å². The largest absolute Gasteiger partial charge is 0.478 e. The minimum absolute atomic E-state index is 0.0114. The number of carboxylic acids is 1. The predicted molar refractivity (Wildman–Crippen MR) is 56.7 cm³/mol. The first-order chi connectivity index (χ1) is 7.58. The predicted octanol–water partition coefficient (Wildman–Crippen LogP) is 1.84. The molecule has 1 N–H and O–H groups in total. The normalized spacial score (nSPS) is 15.2. The Kier molecular flexibility index (Phi) is 2.77. The molecule has 5 nitrogen and oxygen atoms in total. The molecule has 1 aliphatic rings. The summed E-state index contributed by atoms with van der Waals surface area (Å²) >= 11 is 0. The Balaban J connectivity index is 2.32. The molecule has 1 aromatic heterocycles. The fourth-order valence-electron chi connectivity index (χ4n) is 1.48. The van der Waals surface area contributed by atoms with Crippen LogP contribution in [-0.2, 0) is 0 Å². The summed E-state index contributed by atoms with van der Waals surface area (Å²) in [6.45, 7) is 3.76. The third-order valence-corrected chi connectivity index (χ3v) is 2.33. The maximum atomic E-state index is 11.0. The van der Waals surface area contributed by atoms with E-state index in [0.29, 0.717) is 5.69 Å². The smallest absolute Gasteiger partial charge is 0.339 e. The molecular formula is C11H14N2O3. The molecule has 1 aliphatic carbocycles. The van der Waals surface area contributed by atoms with E-state index < -0.39 is 5.97 Å². The first-order valence-electron chi connectivity index (χ1n) is 5.35. The first-order valence-corrected chi connectivity index (χ1v) is 5.35. The summed E-state index contributed by atoms with van der Waals surface area (Å²) in [5.41, 5.74) is 0.803. The van der Waals surface area contributed by atoms with Crippen molar-refractivity contribution in [1.29, 1.82) is 0 Å². The van der Waals surface area contributed by atoms with E-state index >= 15 is 0 Å². The van der Waals surface area contributed by atoms with Crippen LogP contribution in [-0.4, -0.2) is 27.1 Å². The van der Waals surface area contributed by atoms with E-state index in [1.807, 2.05) is 13.8 Å². The molecule has 86 valence electrons. The lowest BCUT2D eigenvalue weighted by Crippen LogP contribution is -2.12. The molecule has 2 rings (SSSR count). The Labute approximate surface area is 93.5 Å². The van der Waals surface area contributed by atoms with Crippen molar-refractivity contribution in [2.45, 2.75) is 38.7 Å². The number of carbonyl (C=O) groups is 1. The molecule has 0 radical (unpaired) electrons. The van der Waals surface area contributed by atoms with Gasteiger partial charge in [-0.1, -0.05) is 0 Å². The molecule has 1 fully saturated rings. The molecule has 0 amide bonds. The van der Waals surface area contributed by atoms with E-state index in [0.717, 1.165) is 12.8 Å². The van der Waals surface area contributed by atoms with Gasteiger partial charge in [0.15, 0.2) is 0 Å². The molecule has 5 heteroatoms. The number of aromatic carboxylic acids is 1. The number of hydrogen-bond acceptors (Lipinski definition) is 4. The maximum absolute atomic E-state index is 11.0. The van der Waals surface area contributed by atoms with Crippen molar-refractivity contribution in [3.63, 3.8) is 0 Å². The quantitative estimate of drug-likeness (QED) is 0.841. The second-order valence-electron chi connectivity index (χ2n) is 4.20. The molecule has 0 atom stereocenters. The minimum Gasteiger partial charge on any atom is -0.478 e. The van der Waals surface area contributed by atoms with Crippen LogP contribution in [0, 0.1) is 0 Å². The highest BCUT2D eigenvalue weighted by Crippen LogP contribution is 2.40. The third kappa shape index (κ3) is 2.29. The number of ether oxygens (including phenoxy) is 1. The van der Waals surface area contributed by atoms with Crippen LogP contribution in [0.25, 0.3) is 0 Å². The molecule has 16 heavy (non-hydrogen) atoms. The van der Waals surface area contributed by atoms with Crippen LogP contribution in [0.3, 0.4) is 0 Å². The number of rotatable bonds is 4. The highest BCUT2D eigenvalue weighted by atomic mass is 16.5. The topological polar surface area (TPSA) is 72.3 Å². The zero-order valence-electron chi connectivity index (χ0n) is 9.30. The molecule has 1 heterocycles. The SMILES string of the molecule is CC(C)Oc1ncc(C(=O)O)c(C2CC2)n1. The molecule has 1 aromatic rings. The Morgan fingerprint density at radius 1 is 1.56 bits per heavy atom. The number of carboxylic acid groups (broad SMARTS) is 1. The summed E-state index contributed by atoms with van der Waals surface area (Å²) < 4.78 is 5.35. The first kappa shape index (κ1) is 10.9. The third-order valence-electron chi connectivity index (χ3n) is 2.33. The van der Waals surface area contributed by atoms with Gasteiger partial charge in [-0.3, -0.25) is 0 Å². The zero-order valence-corrected chi connectivity index (χ0v) is 9.30. The highest BCUT2D eigenvalue weighted by Gasteiger charge is 2.30. The van der Waals surface area contributed by atoms with Crippen LogP contribution in [0.2, 0.25) is 0 Å².